The fraction of sp³-hybridized carbons (Fsp3) is 0.235. The van der Waals surface area contributed by atoms with Gasteiger partial charge in [0.25, 0.3) is 0 Å². The molecule has 0 spiro atoms. The third kappa shape index (κ3) is 2.45. The zero-order valence-corrected chi connectivity index (χ0v) is 11.9. The quantitative estimate of drug-likeness (QED) is 0.782. The Morgan fingerprint density at radius 3 is 2.80 bits per heavy atom. The monoisotopic (exact) mass is 265 g/mol. The van der Waals surface area contributed by atoms with Crippen LogP contribution in [-0.2, 0) is 6.54 Å². The fourth-order valence-electron chi connectivity index (χ4n) is 2.56. The number of imidazole rings is 1. The Hall–Kier alpha value is -2.13. The molecule has 3 aromatic rings. The molecule has 20 heavy (non-hydrogen) atoms. The molecular formula is C17H19N3. The maximum Gasteiger partial charge on any atom is 0.136 e. The molecule has 0 aliphatic rings. The van der Waals surface area contributed by atoms with Gasteiger partial charge in [0.1, 0.15) is 5.65 Å². The zero-order chi connectivity index (χ0) is 13.9. The van der Waals surface area contributed by atoms with E-state index in [-0.39, 0.29) is 0 Å². The van der Waals surface area contributed by atoms with Gasteiger partial charge in [0.05, 0.1) is 11.9 Å². The van der Waals surface area contributed by atoms with Crippen LogP contribution < -0.4 is 5.32 Å². The molecule has 3 rings (SSSR count). The Morgan fingerprint density at radius 1 is 1.15 bits per heavy atom. The lowest BCUT2D eigenvalue weighted by Crippen LogP contribution is -2.19. The molecule has 2 aromatic heterocycles. The van der Waals surface area contributed by atoms with Gasteiger partial charge in [-0.15, -0.1) is 0 Å². The second-order valence-corrected chi connectivity index (χ2v) is 5.14. The molecule has 0 aliphatic carbocycles. The van der Waals surface area contributed by atoms with Crippen molar-refractivity contribution in [2.75, 3.05) is 0 Å². The Kier molecular flexibility index (Phi) is 3.52. The van der Waals surface area contributed by atoms with Crippen molar-refractivity contribution in [2.24, 2.45) is 0 Å². The molecule has 1 atom stereocenters. The summed E-state index contributed by atoms with van der Waals surface area (Å²) in [6.07, 6.45) is 3.99. The molecule has 102 valence electrons. The number of aromatic nitrogens is 2. The van der Waals surface area contributed by atoms with Crippen molar-refractivity contribution in [2.45, 2.75) is 26.4 Å². The maximum absolute atomic E-state index is 4.41. The summed E-state index contributed by atoms with van der Waals surface area (Å²) in [4.78, 5) is 4.41. The van der Waals surface area contributed by atoms with E-state index in [0.29, 0.717) is 6.04 Å². The minimum atomic E-state index is 0.325. The predicted molar refractivity (Wildman–Crippen MR) is 81.6 cm³/mol. The summed E-state index contributed by atoms with van der Waals surface area (Å²) in [6, 6.07) is 14.9. The van der Waals surface area contributed by atoms with Crippen LogP contribution in [0.5, 0.6) is 0 Å². The highest BCUT2D eigenvalue weighted by Gasteiger charge is 2.08. The van der Waals surface area contributed by atoms with Crippen molar-refractivity contribution in [1.29, 1.82) is 0 Å². The number of aryl methyl sites for hydroxylation is 1. The van der Waals surface area contributed by atoms with Crippen LogP contribution in [-0.4, -0.2) is 9.38 Å². The summed E-state index contributed by atoms with van der Waals surface area (Å²) >= 11 is 0. The largest absolute Gasteiger partial charge is 0.305 e. The molecule has 3 nitrogen and oxygen atoms in total. The van der Waals surface area contributed by atoms with Crippen molar-refractivity contribution >= 4 is 5.65 Å². The summed E-state index contributed by atoms with van der Waals surface area (Å²) < 4.78 is 2.12. The number of benzene rings is 1. The topological polar surface area (TPSA) is 29.3 Å². The van der Waals surface area contributed by atoms with Gasteiger partial charge in [-0.1, -0.05) is 30.3 Å². The fourth-order valence-corrected chi connectivity index (χ4v) is 2.56. The SMILES string of the molecule is Cc1ccccc1C(C)NCc1cnc2ccccn12. The molecule has 3 heteroatoms. The number of nitrogens with zero attached hydrogens (tertiary/aromatic N) is 2. The van der Waals surface area contributed by atoms with Gasteiger partial charge in [-0.25, -0.2) is 4.98 Å². The first-order valence-electron chi connectivity index (χ1n) is 6.95. The summed E-state index contributed by atoms with van der Waals surface area (Å²) in [5.74, 6) is 0. The first-order valence-corrected chi connectivity index (χ1v) is 6.95. The lowest BCUT2D eigenvalue weighted by atomic mass is 10.0. The van der Waals surface area contributed by atoms with E-state index in [1.54, 1.807) is 0 Å². The van der Waals surface area contributed by atoms with Gasteiger partial charge < -0.3 is 9.72 Å². The summed E-state index contributed by atoms with van der Waals surface area (Å²) in [7, 11) is 0. The van der Waals surface area contributed by atoms with E-state index in [4.69, 9.17) is 0 Å². The molecule has 1 aromatic carbocycles. The van der Waals surface area contributed by atoms with E-state index in [1.165, 1.54) is 16.8 Å². The first-order chi connectivity index (χ1) is 9.75. The van der Waals surface area contributed by atoms with E-state index >= 15 is 0 Å². The molecule has 1 N–H and O–H groups in total. The number of nitrogens with one attached hydrogen (secondary N) is 1. The summed E-state index contributed by atoms with van der Waals surface area (Å²) in [5, 5.41) is 3.57. The lowest BCUT2D eigenvalue weighted by Gasteiger charge is -2.16. The van der Waals surface area contributed by atoms with Crippen LogP contribution in [0.15, 0.2) is 54.9 Å². The Labute approximate surface area is 119 Å². The van der Waals surface area contributed by atoms with Gasteiger partial charge in [-0.3, -0.25) is 0 Å². The molecule has 0 saturated carbocycles. The van der Waals surface area contributed by atoms with E-state index in [9.17, 15) is 0 Å². The van der Waals surface area contributed by atoms with Gasteiger partial charge in [0.2, 0.25) is 0 Å². The number of hydrogen-bond acceptors (Lipinski definition) is 2. The lowest BCUT2D eigenvalue weighted by molar-refractivity contribution is 0.563. The Bertz CT molecular complexity index is 715. The van der Waals surface area contributed by atoms with Gasteiger partial charge in [0.15, 0.2) is 0 Å². The van der Waals surface area contributed by atoms with Gasteiger partial charge in [0, 0.05) is 18.8 Å². The van der Waals surface area contributed by atoms with Crippen molar-refractivity contribution in [1.82, 2.24) is 14.7 Å². The van der Waals surface area contributed by atoms with Crippen molar-refractivity contribution < 1.29 is 0 Å². The summed E-state index contributed by atoms with van der Waals surface area (Å²) in [6.45, 7) is 5.16. The van der Waals surface area contributed by atoms with E-state index in [1.807, 2.05) is 24.4 Å². The van der Waals surface area contributed by atoms with E-state index in [2.05, 4.69) is 59.0 Å². The number of pyridine rings is 1. The highest BCUT2D eigenvalue weighted by molar-refractivity contribution is 5.39. The normalized spacial score (nSPS) is 12.7. The highest BCUT2D eigenvalue weighted by Crippen LogP contribution is 2.17. The molecule has 2 heterocycles. The van der Waals surface area contributed by atoms with Crippen molar-refractivity contribution in [3.05, 3.63) is 71.7 Å². The Morgan fingerprint density at radius 2 is 1.95 bits per heavy atom. The average Bonchev–Trinajstić information content (AvgIpc) is 2.88. The number of rotatable bonds is 4. The van der Waals surface area contributed by atoms with Gasteiger partial charge >= 0.3 is 0 Å². The van der Waals surface area contributed by atoms with Crippen LogP contribution in [0.4, 0.5) is 0 Å². The maximum atomic E-state index is 4.41. The molecule has 0 saturated heterocycles. The van der Waals surface area contributed by atoms with Gasteiger partial charge in [-0.2, -0.15) is 0 Å². The third-order valence-corrected chi connectivity index (χ3v) is 3.74. The molecule has 0 radical (unpaired) electrons. The Balaban J connectivity index is 1.75. The average molecular weight is 265 g/mol. The van der Waals surface area contributed by atoms with Crippen molar-refractivity contribution in [3.63, 3.8) is 0 Å². The second-order valence-electron chi connectivity index (χ2n) is 5.14. The number of hydrogen-bond donors (Lipinski definition) is 1. The molecule has 0 fully saturated rings. The van der Waals surface area contributed by atoms with Crippen LogP contribution in [0.3, 0.4) is 0 Å². The number of fused-ring (bicyclic) bond motifs is 1. The molecule has 1 unspecified atom stereocenters. The third-order valence-electron chi connectivity index (χ3n) is 3.74. The van der Waals surface area contributed by atoms with Crippen LogP contribution >= 0.6 is 0 Å². The zero-order valence-electron chi connectivity index (χ0n) is 11.9. The predicted octanol–water partition coefficient (Wildman–Crippen LogP) is 3.49. The van der Waals surface area contributed by atoms with E-state index in [0.717, 1.165) is 12.2 Å². The smallest absolute Gasteiger partial charge is 0.136 e. The van der Waals surface area contributed by atoms with Crippen LogP contribution in [0.1, 0.15) is 29.8 Å². The molecular weight excluding hydrogens is 246 g/mol. The highest BCUT2D eigenvalue weighted by atomic mass is 15.0. The second kappa shape index (κ2) is 5.47. The van der Waals surface area contributed by atoms with E-state index < -0.39 is 0 Å². The van der Waals surface area contributed by atoms with Crippen LogP contribution in [0, 0.1) is 6.92 Å². The molecule has 0 aliphatic heterocycles. The van der Waals surface area contributed by atoms with Gasteiger partial charge in [-0.05, 0) is 37.1 Å². The van der Waals surface area contributed by atoms with Crippen LogP contribution in [0.25, 0.3) is 5.65 Å². The minimum absolute atomic E-state index is 0.325. The standard InChI is InChI=1S/C17H19N3/c1-13-7-3-4-8-16(13)14(2)18-11-15-12-19-17-9-5-6-10-20(15)17/h3-10,12,14,18H,11H2,1-2H3. The van der Waals surface area contributed by atoms with Crippen LogP contribution in [0.2, 0.25) is 0 Å². The first kappa shape index (κ1) is 12.9. The summed E-state index contributed by atoms with van der Waals surface area (Å²) in [5.41, 5.74) is 4.85. The minimum Gasteiger partial charge on any atom is -0.305 e. The van der Waals surface area contributed by atoms with Crippen molar-refractivity contribution in [3.8, 4) is 0 Å². The molecule has 0 bridgehead atoms. The molecule has 0 amide bonds.